The first kappa shape index (κ1) is 36.9. The first-order valence-corrected chi connectivity index (χ1v) is 14.4. The zero-order valence-corrected chi connectivity index (χ0v) is 25.2. The van der Waals surface area contributed by atoms with Crippen molar-refractivity contribution in [1.82, 2.24) is 0 Å². The van der Waals surface area contributed by atoms with Crippen LogP contribution in [0.25, 0.3) is 0 Å². The van der Waals surface area contributed by atoms with E-state index in [2.05, 4.69) is 18.9 Å². The van der Waals surface area contributed by atoms with Crippen molar-refractivity contribution < 1.29 is 67.2 Å². The maximum Gasteiger partial charge on any atom is 0.429 e. The molecule has 0 radical (unpaired) electrons. The van der Waals surface area contributed by atoms with Crippen molar-refractivity contribution in [1.29, 1.82) is 0 Å². The predicted molar refractivity (Wildman–Crippen MR) is 153 cm³/mol. The molecule has 0 unspecified atom stereocenters. The molecule has 0 amide bonds. The number of rotatable bonds is 15. The predicted octanol–water partition coefficient (Wildman–Crippen LogP) is 11.3. The molecular weight excluding hydrogens is 681 g/mol. The van der Waals surface area contributed by atoms with Gasteiger partial charge >= 0.3 is 24.4 Å². The van der Waals surface area contributed by atoms with Crippen LogP contribution < -0.4 is 18.9 Å². The van der Waals surface area contributed by atoms with Crippen molar-refractivity contribution in [3.05, 3.63) is 131 Å². The summed E-state index contributed by atoms with van der Waals surface area (Å²) in [5, 5.41) is 0. The fraction of sp³-hybridized carbons (Fsp3) is 0.235. The van der Waals surface area contributed by atoms with E-state index in [1.807, 2.05) is 6.92 Å². The third-order valence-corrected chi connectivity index (χ3v) is 6.77. The summed E-state index contributed by atoms with van der Waals surface area (Å²) in [7, 11) is 0. The standard InChI is InChI=1S/C34H25F11O4/c1-2-3-4-5-20-6-13-25(28(35)16-20)33(42,43)48-23-12-15-27(30(37)18-23)34(44,45)49-24-11-14-26(29(36)17-24)32(40,41)47-22-9-7-21(8-10-22)46-19-31(38)39/h6-19H,2-5H2,1H3. The van der Waals surface area contributed by atoms with Gasteiger partial charge in [-0.15, -0.1) is 0 Å². The Hall–Kier alpha value is -4.95. The molecule has 0 aliphatic heterocycles. The highest BCUT2D eigenvalue weighted by molar-refractivity contribution is 5.37. The van der Waals surface area contributed by atoms with E-state index in [0.717, 1.165) is 55.7 Å². The normalized spacial score (nSPS) is 12.0. The third-order valence-electron chi connectivity index (χ3n) is 6.77. The number of hydrogen-bond donors (Lipinski definition) is 0. The van der Waals surface area contributed by atoms with Crippen LogP contribution in [0, 0.1) is 17.5 Å². The topological polar surface area (TPSA) is 36.9 Å². The summed E-state index contributed by atoms with van der Waals surface area (Å²) in [5.74, 6) is -7.54. The molecule has 4 nitrogen and oxygen atoms in total. The van der Waals surface area contributed by atoms with Crippen LogP contribution in [-0.2, 0) is 24.7 Å². The minimum atomic E-state index is -4.58. The van der Waals surface area contributed by atoms with E-state index >= 15 is 0 Å². The molecule has 0 saturated heterocycles. The third kappa shape index (κ3) is 9.57. The van der Waals surface area contributed by atoms with Gasteiger partial charge in [0, 0.05) is 12.1 Å². The average Bonchev–Trinajstić information content (AvgIpc) is 3.00. The van der Waals surface area contributed by atoms with Gasteiger partial charge in [0.1, 0.15) is 51.6 Å². The van der Waals surface area contributed by atoms with Crippen molar-refractivity contribution in [3.63, 3.8) is 0 Å². The fourth-order valence-corrected chi connectivity index (χ4v) is 4.43. The molecule has 4 rings (SSSR count). The van der Waals surface area contributed by atoms with Gasteiger partial charge in [-0.1, -0.05) is 25.8 Å². The molecule has 4 aromatic rings. The summed E-state index contributed by atoms with van der Waals surface area (Å²) < 4.78 is 174. The Bertz CT molecular complexity index is 1770. The molecule has 0 aliphatic carbocycles. The lowest BCUT2D eigenvalue weighted by atomic mass is 10.0. The van der Waals surface area contributed by atoms with Crippen molar-refractivity contribution >= 4 is 0 Å². The minimum Gasteiger partial charge on any atom is -0.459 e. The number of hydrogen-bond acceptors (Lipinski definition) is 4. The van der Waals surface area contributed by atoms with Crippen LogP contribution in [0.4, 0.5) is 48.3 Å². The zero-order chi connectivity index (χ0) is 36.0. The van der Waals surface area contributed by atoms with Gasteiger partial charge in [-0.25, -0.2) is 13.2 Å². The van der Waals surface area contributed by atoms with Crippen LogP contribution in [0.2, 0.25) is 0 Å². The molecule has 0 spiro atoms. The first-order chi connectivity index (χ1) is 23.0. The zero-order valence-electron chi connectivity index (χ0n) is 25.2. The number of unbranched alkanes of at least 4 members (excludes halogenated alkanes) is 2. The van der Waals surface area contributed by atoms with E-state index in [9.17, 15) is 48.3 Å². The van der Waals surface area contributed by atoms with Crippen LogP contribution in [0.5, 0.6) is 23.0 Å². The molecule has 0 fully saturated rings. The summed E-state index contributed by atoms with van der Waals surface area (Å²) >= 11 is 0. The van der Waals surface area contributed by atoms with Crippen molar-refractivity contribution in [2.45, 2.75) is 50.9 Å². The lowest BCUT2D eigenvalue weighted by Crippen LogP contribution is -2.26. The number of halogens is 11. The maximum absolute atomic E-state index is 14.9. The van der Waals surface area contributed by atoms with Gasteiger partial charge in [-0.3, -0.25) is 0 Å². The average molecular weight is 707 g/mol. The minimum absolute atomic E-state index is 0.103. The Balaban J connectivity index is 1.44. The molecular formula is C34H25F11O4. The van der Waals surface area contributed by atoms with Crippen molar-refractivity contribution in [2.24, 2.45) is 0 Å². The summed E-state index contributed by atoms with van der Waals surface area (Å²) in [6.45, 7) is 1.96. The highest BCUT2D eigenvalue weighted by Crippen LogP contribution is 2.40. The van der Waals surface area contributed by atoms with Gasteiger partial charge in [0.05, 0.1) is 5.56 Å². The number of benzene rings is 4. The molecule has 4 aromatic carbocycles. The van der Waals surface area contributed by atoms with Gasteiger partial charge in [0.15, 0.2) is 6.26 Å². The Kier molecular flexibility index (Phi) is 11.3. The van der Waals surface area contributed by atoms with E-state index in [4.69, 9.17) is 0 Å². The summed E-state index contributed by atoms with van der Waals surface area (Å²) in [6.07, 6.45) is -12.4. The summed E-state index contributed by atoms with van der Waals surface area (Å²) in [4.78, 5) is 0. The van der Waals surface area contributed by atoms with Gasteiger partial charge in [0.2, 0.25) is 0 Å². The van der Waals surface area contributed by atoms with Gasteiger partial charge in [0.25, 0.3) is 0 Å². The Labute approximate surface area is 272 Å². The molecule has 0 aromatic heterocycles. The number of aryl methyl sites for hydroxylation is 1. The molecule has 0 atom stereocenters. The SMILES string of the molecule is CCCCCc1ccc(C(F)(F)Oc2ccc(C(F)(F)Oc3ccc(C(F)(F)Oc4ccc(OC=C(F)F)cc4)c(F)c3)c(F)c2)c(F)c1. The fourth-order valence-electron chi connectivity index (χ4n) is 4.43. The quantitative estimate of drug-likeness (QED) is 0.0701. The van der Waals surface area contributed by atoms with Crippen LogP contribution in [0.1, 0.15) is 48.4 Å². The monoisotopic (exact) mass is 706 g/mol. The molecule has 0 N–H and O–H groups in total. The van der Waals surface area contributed by atoms with Crippen LogP contribution >= 0.6 is 0 Å². The van der Waals surface area contributed by atoms with Crippen LogP contribution in [-0.4, -0.2) is 0 Å². The van der Waals surface area contributed by atoms with E-state index < -0.39 is 75.8 Å². The summed E-state index contributed by atoms with van der Waals surface area (Å²) in [5.41, 5.74) is -3.62. The number of ether oxygens (including phenoxy) is 4. The van der Waals surface area contributed by atoms with Gasteiger partial charge < -0.3 is 18.9 Å². The maximum atomic E-state index is 14.9. The largest absolute Gasteiger partial charge is 0.459 e. The Morgan fingerprint density at radius 2 is 0.959 bits per heavy atom. The molecule has 0 bridgehead atoms. The molecule has 15 heteroatoms. The molecule has 262 valence electrons. The van der Waals surface area contributed by atoms with Gasteiger partial charge in [-0.2, -0.15) is 35.1 Å². The first-order valence-electron chi connectivity index (χ1n) is 14.4. The highest BCUT2D eigenvalue weighted by atomic mass is 19.3. The van der Waals surface area contributed by atoms with Crippen LogP contribution in [0.15, 0.2) is 91.2 Å². The second-order valence-corrected chi connectivity index (χ2v) is 10.4. The smallest absolute Gasteiger partial charge is 0.429 e. The van der Waals surface area contributed by atoms with Crippen molar-refractivity contribution in [2.75, 3.05) is 0 Å². The lowest BCUT2D eigenvalue weighted by molar-refractivity contribution is -0.189. The molecule has 49 heavy (non-hydrogen) atoms. The molecule has 0 aliphatic rings. The molecule has 0 heterocycles. The van der Waals surface area contributed by atoms with Crippen LogP contribution in [0.3, 0.4) is 0 Å². The molecule has 0 saturated carbocycles. The van der Waals surface area contributed by atoms with E-state index in [0.29, 0.717) is 36.2 Å². The lowest BCUT2D eigenvalue weighted by Gasteiger charge is -2.22. The van der Waals surface area contributed by atoms with Gasteiger partial charge in [-0.05, 0) is 79.1 Å². The summed E-state index contributed by atoms with van der Waals surface area (Å²) in [6, 6.07) is 8.88. The second kappa shape index (κ2) is 15.1. The highest BCUT2D eigenvalue weighted by Gasteiger charge is 2.42. The van der Waals surface area contributed by atoms with Crippen molar-refractivity contribution in [3.8, 4) is 23.0 Å². The Morgan fingerprint density at radius 1 is 0.551 bits per heavy atom. The van der Waals surface area contributed by atoms with E-state index in [1.165, 1.54) is 6.07 Å². The van der Waals surface area contributed by atoms with E-state index in [1.54, 1.807) is 0 Å². The number of alkyl halides is 6. The Morgan fingerprint density at radius 3 is 1.39 bits per heavy atom. The second-order valence-electron chi connectivity index (χ2n) is 10.4. The van der Waals surface area contributed by atoms with E-state index in [-0.39, 0.29) is 24.1 Å².